The van der Waals surface area contributed by atoms with Crippen LogP contribution in [0.3, 0.4) is 0 Å². The van der Waals surface area contributed by atoms with Gasteiger partial charge >= 0.3 is 5.97 Å². The zero-order chi connectivity index (χ0) is 12.7. The Kier molecular flexibility index (Phi) is 4.88. The smallest absolute Gasteiger partial charge is 0.306 e. The van der Waals surface area contributed by atoms with E-state index < -0.39 is 5.41 Å². The molecule has 0 saturated heterocycles. The van der Waals surface area contributed by atoms with Crippen LogP contribution in [0.4, 0.5) is 0 Å². The zero-order valence-electron chi connectivity index (χ0n) is 10.3. The maximum atomic E-state index is 11.4. The number of hydrogen-bond donors (Lipinski definition) is 0. The van der Waals surface area contributed by atoms with Gasteiger partial charge in [-0.3, -0.25) is 4.79 Å². The number of hydrogen-bond acceptors (Lipinski definition) is 3. The van der Waals surface area contributed by atoms with Crippen molar-refractivity contribution in [1.29, 1.82) is 0 Å². The third-order valence-electron chi connectivity index (χ3n) is 2.59. The minimum absolute atomic E-state index is 0.124. The van der Waals surface area contributed by atoms with Crippen LogP contribution in [0.25, 0.3) is 0 Å². The summed E-state index contributed by atoms with van der Waals surface area (Å²) in [5.41, 5.74) is 0.361. The van der Waals surface area contributed by atoms with E-state index in [0.29, 0.717) is 13.0 Å². The van der Waals surface area contributed by atoms with E-state index in [1.54, 1.807) is 13.8 Å². The summed E-state index contributed by atoms with van der Waals surface area (Å²) in [5, 5.41) is 0. The molecule has 0 radical (unpaired) electrons. The Morgan fingerprint density at radius 3 is 2.53 bits per heavy atom. The molecule has 1 aromatic carbocycles. The number of ether oxygens (including phenoxy) is 1. The number of esters is 1. The first-order valence-corrected chi connectivity index (χ1v) is 5.75. The predicted octanol–water partition coefficient (Wildman–Crippen LogP) is 2.39. The van der Waals surface area contributed by atoms with Gasteiger partial charge in [-0.25, -0.2) is 0 Å². The van der Waals surface area contributed by atoms with Crippen LogP contribution >= 0.6 is 0 Å². The van der Waals surface area contributed by atoms with E-state index in [2.05, 4.69) is 0 Å². The number of rotatable bonds is 6. The molecule has 0 aliphatic carbocycles. The first-order chi connectivity index (χ1) is 8.09. The monoisotopic (exact) mass is 234 g/mol. The molecule has 0 N–H and O–H groups in total. The summed E-state index contributed by atoms with van der Waals surface area (Å²) in [6.07, 6.45) is 1.52. The lowest BCUT2D eigenvalue weighted by molar-refractivity contribution is -0.147. The molecular formula is C14H18O3. The van der Waals surface area contributed by atoms with Crippen LogP contribution in [0.1, 0.15) is 25.8 Å². The molecule has 17 heavy (non-hydrogen) atoms. The third-order valence-corrected chi connectivity index (χ3v) is 2.59. The van der Waals surface area contributed by atoms with Crippen molar-refractivity contribution in [2.45, 2.75) is 26.7 Å². The fraction of sp³-hybridized carbons (Fsp3) is 0.429. The minimum atomic E-state index is -0.687. The second kappa shape index (κ2) is 6.18. The Morgan fingerprint density at radius 1 is 1.35 bits per heavy atom. The van der Waals surface area contributed by atoms with Gasteiger partial charge in [0.1, 0.15) is 6.29 Å². The summed E-state index contributed by atoms with van der Waals surface area (Å²) in [6, 6.07) is 9.67. The van der Waals surface area contributed by atoms with Gasteiger partial charge in [0, 0.05) is 5.41 Å². The van der Waals surface area contributed by atoms with Crippen LogP contribution in [-0.2, 0) is 20.7 Å². The molecule has 1 rings (SSSR count). The van der Waals surface area contributed by atoms with Crippen molar-refractivity contribution in [2.75, 3.05) is 6.61 Å². The predicted molar refractivity (Wildman–Crippen MR) is 65.6 cm³/mol. The van der Waals surface area contributed by atoms with Crippen molar-refractivity contribution in [3.05, 3.63) is 35.9 Å². The second-order valence-corrected chi connectivity index (χ2v) is 4.42. The molecule has 0 bridgehead atoms. The van der Waals surface area contributed by atoms with E-state index in [1.165, 1.54) is 0 Å². The summed E-state index contributed by atoms with van der Waals surface area (Å²) in [5.74, 6) is -0.321. The summed E-state index contributed by atoms with van der Waals surface area (Å²) < 4.78 is 4.88. The SMILES string of the molecule is CCOC(=O)C[C@](C)(C=O)Cc1ccccc1. The van der Waals surface area contributed by atoms with Crippen molar-refractivity contribution in [1.82, 2.24) is 0 Å². The van der Waals surface area contributed by atoms with Crippen molar-refractivity contribution in [3.8, 4) is 0 Å². The van der Waals surface area contributed by atoms with Crippen LogP contribution in [0, 0.1) is 5.41 Å². The van der Waals surface area contributed by atoms with Crippen LogP contribution in [0.5, 0.6) is 0 Å². The standard InChI is InChI=1S/C14H18O3/c1-3-17-13(16)10-14(2,11-15)9-12-7-5-4-6-8-12/h4-8,11H,3,9-10H2,1-2H3/t14-/m1/s1. The average Bonchev–Trinajstić information content (AvgIpc) is 2.30. The topological polar surface area (TPSA) is 43.4 Å². The van der Waals surface area contributed by atoms with Gasteiger partial charge in [0.2, 0.25) is 0 Å². The fourth-order valence-electron chi connectivity index (χ4n) is 1.75. The zero-order valence-corrected chi connectivity index (χ0v) is 10.3. The van der Waals surface area contributed by atoms with E-state index in [4.69, 9.17) is 4.74 Å². The molecule has 1 atom stereocenters. The Labute approximate surface area is 102 Å². The lowest BCUT2D eigenvalue weighted by Crippen LogP contribution is -2.26. The normalized spacial score (nSPS) is 13.8. The quantitative estimate of drug-likeness (QED) is 0.560. The van der Waals surface area contributed by atoms with Gasteiger partial charge < -0.3 is 9.53 Å². The average molecular weight is 234 g/mol. The van der Waals surface area contributed by atoms with Crippen LogP contribution < -0.4 is 0 Å². The molecule has 0 amide bonds. The Bertz CT molecular complexity index is 372. The molecule has 3 nitrogen and oxygen atoms in total. The molecule has 0 unspecified atom stereocenters. The highest BCUT2D eigenvalue weighted by Crippen LogP contribution is 2.24. The number of aldehydes is 1. The maximum absolute atomic E-state index is 11.4. The first-order valence-electron chi connectivity index (χ1n) is 5.75. The Balaban J connectivity index is 2.69. The fourth-order valence-corrected chi connectivity index (χ4v) is 1.75. The molecule has 0 saturated carbocycles. The lowest BCUT2D eigenvalue weighted by atomic mass is 9.82. The van der Waals surface area contributed by atoms with E-state index >= 15 is 0 Å². The van der Waals surface area contributed by atoms with E-state index in [9.17, 15) is 9.59 Å². The molecule has 0 aliphatic rings. The summed E-state index contributed by atoms with van der Waals surface area (Å²) in [6.45, 7) is 3.89. The summed E-state index contributed by atoms with van der Waals surface area (Å²) in [7, 11) is 0. The van der Waals surface area contributed by atoms with Crippen molar-refractivity contribution in [3.63, 3.8) is 0 Å². The van der Waals surface area contributed by atoms with Crippen LogP contribution in [0.15, 0.2) is 30.3 Å². The van der Waals surface area contributed by atoms with Gasteiger partial charge in [-0.15, -0.1) is 0 Å². The van der Waals surface area contributed by atoms with Gasteiger partial charge in [-0.05, 0) is 18.9 Å². The van der Waals surface area contributed by atoms with Gasteiger partial charge in [0.15, 0.2) is 0 Å². The molecule has 1 aromatic rings. The van der Waals surface area contributed by atoms with E-state index in [-0.39, 0.29) is 12.4 Å². The minimum Gasteiger partial charge on any atom is -0.466 e. The van der Waals surface area contributed by atoms with E-state index in [1.807, 2.05) is 30.3 Å². The number of benzene rings is 1. The summed E-state index contributed by atoms with van der Waals surface area (Å²) >= 11 is 0. The molecule has 0 aromatic heterocycles. The van der Waals surface area contributed by atoms with Gasteiger partial charge in [0.25, 0.3) is 0 Å². The molecule has 0 spiro atoms. The molecule has 92 valence electrons. The highest BCUT2D eigenvalue weighted by molar-refractivity contribution is 5.76. The van der Waals surface area contributed by atoms with Crippen molar-refractivity contribution in [2.24, 2.45) is 5.41 Å². The molecular weight excluding hydrogens is 216 g/mol. The van der Waals surface area contributed by atoms with Crippen LogP contribution in [0.2, 0.25) is 0 Å². The van der Waals surface area contributed by atoms with Gasteiger partial charge in [-0.2, -0.15) is 0 Å². The molecule has 3 heteroatoms. The third kappa shape index (κ3) is 4.39. The first kappa shape index (κ1) is 13.4. The molecule has 0 heterocycles. The van der Waals surface area contributed by atoms with Crippen LogP contribution in [-0.4, -0.2) is 18.9 Å². The number of carbonyl (C=O) groups is 2. The molecule has 0 fully saturated rings. The second-order valence-electron chi connectivity index (χ2n) is 4.42. The highest BCUT2D eigenvalue weighted by Gasteiger charge is 2.28. The summed E-state index contributed by atoms with van der Waals surface area (Å²) in [4.78, 5) is 22.6. The van der Waals surface area contributed by atoms with E-state index in [0.717, 1.165) is 11.8 Å². The highest BCUT2D eigenvalue weighted by atomic mass is 16.5. The van der Waals surface area contributed by atoms with Gasteiger partial charge in [-0.1, -0.05) is 37.3 Å². The van der Waals surface area contributed by atoms with Gasteiger partial charge in [0.05, 0.1) is 13.0 Å². The number of carbonyl (C=O) groups excluding carboxylic acids is 2. The largest absolute Gasteiger partial charge is 0.466 e. The molecule has 0 aliphatic heterocycles. The van der Waals surface area contributed by atoms with Crippen molar-refractivity contribution >= 4 is 12.3 Å². The Morgan fingerprint density at radius 2 is 2.00 bits per heavy atom. The van der Waals surface area contributed by atoms with Crippen molar-refractivity contribution < 1.29 is 14.3 Å². The lowest BCUT2D eigenvalue weighted by Gasteiger charge is -2.21. The Hall–Kier alpha value is -1.64. The maximum Gasteiger partial charge on any atom is 0.306 e.